The number of rotatable bonds is 1. The van der Waals surface area contributed by atoms with Crippen LogP contribution in [-0.2, 0) is 6.42 Å². The highest BCUT2D eigenvalue weighted by molar-refractivity contribution is 7.15. The van der Waals surface area contributed by atoms with Crippen LogP contribution in [0.1, 0.15) is 11.8 Å². The Hall–Kier alpha value is -0.0800. The second-order valence-corrected chi connectivity index (χ2v) is 3.13. The number of nitrogens with zero attached hydrogens (tertiary/aromatic N) is 1. The lowest BCUT2D eigenvalue weighted by Gasteiger charge is -1.77. The zero-order chi connectivity index (χ0) is 5.98. The van der Waals surface area contributed by atoms with Gasteiger partial charge in [0.25, 0.3) is 0 Å². The Balaban J connectivity index is 2.84. The van der Waals surface area contributed by atoms with Crippen LogP contribution in [0.4, 0.5) is 0 Å². The minimum Gasteiger partial charge on any atom is -0.233 e. The van der Waals surface area contributed by atoms with Crippen LogP contribution in [0.2, 0.25) is 4.47 Å². The number of hydrogen-bond acceptors (Lipinski definition) is 2. The van der Waals surface area contributed by atoms with E-state index in [1.54, 1.807) is 11.3 Å². The lowest BCUT2D eigenvalue weighted by molar-refractivity contribution is 1.17. The Bertz CT molecular complexity index is 173. The van der Waals surface area contributed by atoms with Gasteiger partial charge in [0, 0.05) is 11.1 Å². The van der Waals surface area contributed by atoms with Gasteiger partial charge in [-0.15, -0.1) is 11.3 Å². The monoisotopic (exact) mass is 147 g/mol. The summed E-state index contributed by atoms with van der Waals surface area (Å²) in [5.74, 6) is 0. The molecule has 0 bridgehead atoms. The topological polar surface area (TPSA) is 12.9 Å². The van der Waals surface area contributed by atoms with Crippen molar-refractivity contribution in [3.8, 4) is 0 Å². The first-order chi connectivity index (χ1) is 3.83. The molecule has 0 aliphatic heterocycles. The molecule has 0 atom stereocenters. The molecule has 0 aliphatic rings. The summed E-state index contributed by atoms with van der Waals surface area (Å²) in [4.78, 5) is 5.12. The van der Waals surface area contributed by atoms with Crippen molar-refractivity contribution in [2.24, 2.45) is 0 Å². The Morgan fingerprint density at radius 2 is 2.62 bits per heavy atom. The maximum Gasteiger partial charge on any atom is 0.183 e. The molecule has 1 heterocycles. The summed E-state index contributed by atoms with van der Waals surface area (Å²) in [7, 11) is 0. The molecule has 0 N–H and O–H groups in total. The predicted molar refractivity (Wildman–Crippen MR) is 36.5 cm³/mol. The Kier molecular flexibility index (Phi) is 1.86. The van der Waals surface area contributed by atoms with Crippen LogP contribution in [-0.4, -0.2) is 4.98 Å². The Labute approximate surface area is 57.3 Å². The maximum absolute atomic E-state index is 5.55. The van der Waals surface area contributed by atoms with E-state index in [2.05, 4.69) is 11.9 Å². The summed E-state index contributed by atoms with van der Waals surface area (Å²) in [6.45, 7) is 2.09. The third-order valence-corrected chi connectivity index (χ3v) is 2.13. The van der Waals surface area contributed by atoms with E-state index in [0.717, 1.165) is 6.42 Å². The molecule has 44 valence electrons. The minimum absolute atomic E-state index is 0.641. The summed E-state index contributed by atoms with van der Waals surface area (Å²) in [5.41, 5.74) is 0. The van der Waals surface area contributed by atoms with E-state index in [4.69, 9.17) is 11.6 Å². The fraction of sp³-hybridized carbons (Fsp3) is 0.400. The molecule has 0 saturated heterocycles. The molecule has 1 aromatic rings. The molecule has 1 aromatic heterocycles. The minimum atomic E-state index is 0.641. The Morgan fingerprint density at radius 1 is 1.88 bits per heavy atom. The van der Waals surface area contributed by atoms with Gasteiger partial charge in [-0.3, -0.25) is 0 Å². The van der Waals surface area contributed by atoms with Gasteiger partial charge < -0.3 is 0 Å². The molecule has 1 rings (SSSR count). The number of aromatic nitrogens is 1. The van der Waals surface area contributed by atoms with Gasteiger partial charge in [-0.2, -0.15) is 0 Å². The van der Waals surface area contributed by atoms with Crippen molar-refractivity contribution >= 4 is 22.9 Å². The number of hydrogen-bond donors (Lipinski definition) is 0. The van der Waals surface area contributed by atoms with Crippen molar-refractivity contribution in [1.29, 1.82) is 0 Å². The van der Waals surface area contributed by atoms with E-state index in [0.29, 0.717) is 4.47 Å². The van der Waals surface area contributed by atoms with E-state index in [-0.39, 0.29) is 0 Å². The lowest BCUT2D eigenvalue weighted by atomic mass is 10.4. The molecule has 1 nitrogen and oxygen atoms in total. The second-order valence-electron chi connectivity index (χ2n) is 1.43. The van der Waals surface area contributed by atoms with E-state index in [9.17, 15) is 0 Å². The molecule has 0 radical (unpaired) electrons. The van der Waals surface area contributed by atoms with Crippen LogP contribution < -0.4 is 0 Å². The standard InChI is InChI=1S/C5H6ClNS/c1-2-4-3-7-5(6)8-4/h3H,2H2,1H3. The summed E-state index contributed by atoms with van der Waals surface area (Å²) in [6, 6.07) is 0. The molecule has 0 amide bonds. The summed E-state index contributed by atoms with van der Waals surface area (Å²) in [6.07, 6.45) is 2.84. The zero-order valence-electron chi connectivity index (χ0n) is 4.52. The van der Waals surface area contributed by atoms with Gasteiger partial charge in [-0.25, -0.2) is 4.98 Å². The van der Waals surface area contributed by atoms with Crippen molar-refractivity contribution in [2.75, 3.05) is 0 Å². The molecular formula is C5H6ClNS. The van der Waals surface area contributed by atoms with Crippen molar-refractivity contribution < 1.29 is 0 Å². The number of aryl methyl sites for hydroxylation is 1. The molecule has 0 spiro atoms. The van der Waals surface area contributed by atoms with Crippen molar-refractivity contribution in [3.63, 3.8) is 0 Å². The predicted octanol–water partition coefficient (Wildman–Crippen LogP) is 2.36. The fourth-order valence-corrected chi connectivity index (χ4v) is 1.36. The first-order valence-corrected chi connectivity index (χ1v) is 3.62. The van der Waals surface area contributed by atoms with Crippen LogP contribution in [0.3, 0.4) is 0 Å². The highest BCUT2D eigenvalue weighted by Gasteiger charge is 1.93. The molecule has 0 aliphatic carbocycles. The van der Waals surface area contributed by atoms with Gasteiger partial charge in [-0.05, 0) is 6.42 Å². The highest BCUT2D eigenvalue weighted by atomic mass is 35.5. The molecule has 0 fully saturated rings. The van der Waals surface area contributed by atoms with Crippen molar-refractivity contribution in [3.05, 3.63) is 15.5 Å². The second kappa shape index (κ2) is 2.46. The maximum atomic E-state index is 5.55. The normalized spacial score (nSPS) is 9.75. The van der Waals surface area contributed by atoms with E-state index < -0.39 is 0 Å². The Morgan fingerprint density at radius 3 is 2.88 bits per heavy atom. The molecule has 8 heavy (non-hydrogen) atoms. The van der Waals surface area contributed by atoms with E-state index in [1.807, 2.05) is 6.20 Å². The summed E-state index contributed by atoms with van der Waals surface area (Å²) < 4.78 is 0.641. The average Bonchev–Trinajstić information content (AvgIpc) is 2.14. The summed E-state index contributed by atoms with van der Waals surface area (Å²) in [5, 5.41) is 0. The number of halogens is 1. The highest BCUT2D eigenvalue weighted by Crippen LogP contribution is 2.17. The van der Waals surface area contributed by atoms with Crippen molar-refractivity contribution in [2.45, 2.75) is 13.3 Å². The van der Waals surface area contributed by atoms with Crippen molar-refractivity contribution in [1.82, 2.24) is 4.98 Å². The van der Waals surface area contributed by atoms with Crippen LogP contribution in [0.15, 0.2) is 6.20 Å². The van der Waals surface area contributed by atoms with Gasteiger partial charge in [0.2, 0.25) is 0 Å². The molecule has 0 aromatic carbocycles. The largest absolute Gasteiger partial charge is 0.233 e. The van der Waals surface area contributed by atoms with Gasteiger partial charge in [0.15, 0.2) is 4.47 Å². The smallest absolute Gasteiger partial charge is 0.183 e. The van der Waals surface area contributed by atoms with Crippen LogP contribution >= 0.6 is 22.9 Å². The first kappa shape index (κ1) is 6.05. The summed E-state index contributed by atoms with van der Waals surface area (Å²) >= 11 is 7.09. The third kappa shape index (κ3) is 1.20. The molecular weight excluding hydrogens is 142 g/mol. The fourth-order valence-electron chi connectivity index (χ4n) is 0.447. The van der Waals surface area contributed by atoms with Crippen LogP contribution in [0.5, 0.6) is 0 Å². The van der Waals surface area contributed by atoms with Gasteiger partial charge >= 0.3 is 0 Å². The molecule has 0 saturated carbocycles. The zero-order valence-corrected chi connectivity index (χ0v) is 6.09. The molecule has 3 heteroatoms. The van der Waals surface area contributed by atoms with Gasteiger partial charge in [0.1, 0.15) is 0 Å². The van der Waals surface area contributed by atoms with Crippen LogP contribution in [0, 0.1) is 0 Å². The average molecular weight is 148 g/mol. The lowest BCUT2D eigenvalue weighted by Crippen LogP contribution is -1.64. The van der Waals surface area contributed by atoms with Crippen LogP contribution in [0.25, 0.3) is 0 Å². The third-order valence-electron chi connectivity index (χ3n) is 0.874. The first-order valence-electron chi connectivity index (χ1n) is 2.43. The SMILES string of the molecule is CCc1cnc(Cl)s1. The number of thiazole rings is 1. The quantitative estimate of drug-likeness (QED) is 0.595. The van der Waals surface area contributed by atoms with E-state index >= 15 is 0 Å². The van der Waals surface area contributed by atoms with Gasteiger partial charge in [0.05, 0.1) is 0 Å². The molecule has 0 unspecified atom stereocenters. The van der Waals surface area contributed by atoms with Gasteiger partial charge in [-0.1, -0.05) is 18.5 Å². The van der Waals surface area contributed by atoms with E-state index in [1.165, 1.54) is 4.88 Å².